The van der Waals surface area contributed by atoms with E-state index in [1.807, 2.05) is 0 Å². The third-order valence-electron chi connectivity index (χ3n) is 9.40. The molecule has 7 nitrogen and oxygen atoms in total. The predicted molar refractivity (Wildman–Crippen MR) is 158 cm³/mol. The van der Waals surface area contributed by atoms with Crippen LogP contribution in [0.15, 0.2) is 53.4 Å². The molecule has 0 aromatic heterocycles. The normalized spacial score (nSPS) is 21.9. The van der Waals surface area contributed by atoms with Crippen LogP contribution >= 0.6 is 0 Å². The molecule has 0 radical (unpaired) electrons. The van der Waals surface area contributed by atoms with Gasteiger partial charge in [0.1, 0.15) is 0 Å². The molecule has 5 rings (SSSR count). The second-order valence-corrected chi connectivity index (χ2v) is 14.2. The Kier molecular flexibility index (Phi) is 10.4. The average molecular weight is 676 g/mol. The standard InChI is InChI=1S/C32H39F6N3O4S/c33-31(34,35)25-11-9-24(10-12-25)30(45-21-20-39-15-3-4-16-39)13-18-40(19-14-30)29(42)23-27-7-1-2-17-41(27)46(43,44)28-8-5-6-26(22-28)32(36,37)38/h5-6,8-12,22,27H,1-4,7,13-21,23H2. The molecule has 14 heteroatoms. The van der Waals surface area contributed by atoms with E-state index in [0.717, 1.165) is 60.6 Å². The number of benzene rings is 2. The Labute approximate surface area is 265 Å². The molecule has 254 valence electrons. The van der Waals surface area contributed by atoms with Crippen LogP contribution in [0.4, 0.5) is 26.3 Å². The van der Waals surface area contributed by atoms with E-state index >= 15 is 0 Å². The number of rotatable bonds is 9. The maximum Gasteiger partial charge on any atom is 0.416 e. The van der Waals surface area contributed by atoms with Gasteiger partial charge in [-0.2, -0.15) is 30.6 Å². The molecule has 0 bridgehead atoms. The minimum Gasteiger partial charge on any atom is -0.369 e. The second-order valence-electron chi connectivity index (χ2n) is 12.3. The van der Waals surface area contributed by atoms with E-state index in [2.05, 4.69) is 4.90 Å². The summed E-state index contributed by atoms with van der Waals surface area (Å²) in [4.78, 5) is 17.0. The van der Waals surface area contributed by atoms with Gasteiger partial charge in [0.25, 0.3) is 0 Å². The summed E-state index contributed by atoms with van der Waals surface area (Å²) in [7, 11) is -4.30. The fraction of sp³-hybridized carbons (Fsp3) is 0.594. The molecule has 0 spiro atoms. The van der Waals surface area contributed by atoms with E-state index in [9.17, 15) is 39.6 Å². The first-order chi connectivity index (χ1) is 21.7. The molecule has 1 amide bonds. The summed E-state index contributed by atoms with van der Waals surface area (Å²) in [6.07, 6.45) is -4.78. The first kappa shape index (κ1) is 34.6. The quantitative estimate of drug-likeness (QED) is 0.293. The third-order valence-corrected chi connectivity index (χ3v) is 11.3. The van der Waals surface area contributed by atoms with Crippen LogP contribution in [0, 0.1) is 0 Å². The van der Waals surface area contributed by atoms with Crippen molar-refractivity contribution in [3.8, 4) is 0 Å². The first-order valence-corrected chi connectivity index (χ1v) is 17.1. The summed E-state index contributed by atoms with van der Waals surface area (Å²) in [5, 5.41) is 0. The van der Waals surface area contributed by atoms with Gasteiger partial charge in [-0.1, -0.05) is 24.6 Å². The van der Waals surface area contributed by atoms with Gasteiger partial charge in [0.2, 0.25) is 15.9 Å². The number of likely N-dealkylation sites (tertiary alicyclic amines) is 2. The van der Waals surface area contributed by atoms with E-state index in [0.29, 0.717) is 56.9 Å². The molecule has 3 aliphatic heterocycles. The molecule has 1 unspecified atom stereocenters. The van der Waals surface area contributed by atoms with Crippen molar-refractivity contribution in [3.05, 3.63) is 65.2 Å². The van der Waals surface area contributed by atoms with E-state index in [1.54, 1.807) is 4.90 Å². The zero-order valence-electron chi connectivity index (χ0n) is 25.5. The summed E-state index contributed by atoms with van der Waals surface area (Å²) in [6.45, 7) is 3.65. The zero-order valence-corrected chi connectivity index (χ0v) is 26.3. The van der Waals surface area contributed by atoms with E-state index in [1.165, 1.54) is 12.1 Å². The number of ether oxygens (including phenoxy) is 1. The van der Waals surface area contributed by atoms with Gasteiger partial charge in [-0.3, -0.25) is 4.79 Å². The summed E-state index contributed by atoms with van der Waals surface area (Å²) in [6, 6.07) is 7.88. The summed E-state index contributed by atoms with van der Waals surface area (Å²) in [5.74, 6) is -0.283. The van der Waals surface area contributed by atoms with Crippen molar-refractivity contribution < 1.29 is 44.3 Å². The minimum absolute atomic E-state index is 0.0957. The highest BCUT2D eigenvalue weighted by Gasteiger charge is 2.42. The van der Waals surface area contributed by atoms with Gasteiger partial charge in [0.15, 0.2) is 0 Å². The zero-order chi connectivity index (χ0) is 33.2. The molecular weight excluding hydrogens is 636 g/mol. The number of piperidine rings is 2. The van der Waals surface area contributed by atoms with Crippen molar-refractivity contribution in [2.75, 3.05) is 45.9 Å². The molecule has 0 saturated carbocycles. The van der Waals surface area contributed by atoms with E-state index in [-0.39, 0.29) is 32.0 Å². The maximum atomic E-state index is 13.5. The van der Waals surface area contributed by atoms with Gasteiger partial charge < -0.3 is 14.5 Å². The number of hydrogen-bond acceptors (Lipinski definition) is 5. The molecule has 3 heterocycles. The Morgan fingerprint density at radius 2 is 1.46 bits per heavy atom. The monoisotopic (exact) mass is 675 g/mol. The van der Waals surface area contributed by atoms with Crippen LogP contribution in [-0.2, 0) is 37.5 Å². The first-order valence-electron chi connectivity index (χ1n) is 15.7. The highest BCUT2D eigenvalue weighted by atomic mass is 32.2. The molecule has 3 saturated heterocycles. The molecule has 1 atom stereocenters. The molecule has 46 heavy (non-hydrogen) atoms. The SMILES string of the molecule is O=C(CC1CCCCN1S(=O)(=O)c1cccc(C(F)(F)F)c1)N1CCC(OCCN2CCCC2)(c2ccc(C(F)(F)F)cc2)CC1. The van der Waals surface area contributed by atoms with Crippen LogP contribution in [0.1, 0.15) is 68.1 Å². The maximum absolute atomic E-state index is 13.5. The van der Waals surface area contributed by atoms with Gasteiger partial charge in [-0.25, -0.2) is 8.42 Å². The second kappa shape index (κ2) is 13.8. The largest absolute Gasteiger partial charge is 0.416 e. The molecule has 0 N–H and O–H groups in total. The van der Waals surface area contributed by atoms with Gasteiger partial charge in [-0.15, -0.1) is 0 Å². The van der Waals surface area contributed by atoms with Crippen LogP contribution in [0.2, 0.25) is 0 Å². The summed E-state index contributed by atoms with van der Waals surface area (Å²) in [5.41, 5.74) is -2.09. The number of carbonyl (C=O) groups is 1. The lowest BCUT2D eigenvalue weighted by atomic mass is 9.83. The number of carbonyl (C=O) groups excluding carboxylic acids is 1. The molecule has 2 aromatic carbocycles. The Balaban J connectivity index is 1.28. The van der Waals surface area contributed by atoms with Crippen LogP contribution in [0.25, 0.3) is 0 Å². The molecule has 2 aromatic rings. The fourth-order valence-corrected chi connectivity index (χ4v) is 8.51. The highest BCUT2D eigenvalue weighted by Crippen LogP contribution is 2.39. The number of hydrogen-bond donors (Lipinski definition) is 0. The molecular formula is C32H39F6N3O4S. The smallest absolute Gasteiger partial charge is 0.369 e. The van der Waals surface area contributed by atoms with Gasteiger partial charge in [0, 0.05) is 38.6 Å². The highest BCUT2D eigenvalue weighted by molar-refractivity contribution is 7.89. The number of halogens is 6. The van der Waals surface area contributed by atoms with Gasteiger partial charge in [0.05, 0.1) is 28.2 Å². The Hall–Kier alpha value is -2.68. The van der Waals surface area contributed by atoms with E-state index < -0.39 is 50.0 Å². The average Bonchev–Trinajstić information content (AvgIpc) is 3.54. The van der Waals surface area contributed by atoms with Crippen molar-refractivity contribution >= 4 is 15.9 Å². The van der Waals surface area contributed by atoms with Gasteiger partial charge >= 0.3 is 12.4 Å². The van der Waals surface area contributed by atoms with Crippen LogP contribution < -0.4 is 0 Å². The van der Waals surface area contributed by atoms with Crippen molar-refractivity contribution in [1.29, 1.82) is 0 Å². The van der Waals surface area contributed by atoms with Crippen molar-refractivity contribution in [3.63, 3.8) is 0 Å². The Morgan fingerprint density at radius 3 is 2.09 bits per heavy atom. The fourth-order valence-electron chi connectivity index (χ4n) is 6.77. The molecule has 3 fully saturated rings. The summed E-state index contributed by atoms with van der Waals surface area (Å²) < 4.78 is 114. The van der Waals surface area contributed by atoms with Crippen molar-refractivity contribution in [2.24, 2.45) is 0 Å². The third kappa shape index (κ3) is 7.88. The number of nitrogens with zero attached hydrogens (tertiary/aromatic N) is 3. The lowest BCUT2D eigenvalue weighted by Gasteiger charge is -2.43. The number of amides is 1. The van der Waals surface area contributed by atoms with E-state index in [4.69, 9.17) is 4.74 Å². The van der Waals surface area contributed by atoms with Crippen LogP contribution in [-0.4, -0.2) is 80.3 Å². The Morgan fingerprint density at radius 1 is 0.826 bits per heavy atom. The number of alkyl halides is 6. The summed E-state index contributed by atoms with van der Waals surface area (Å²) >= 11 is 0. The minimum atomic E-state index is -4.70. The predicted octanol–water partition coefficient (Wildman–Crippen LogP) is 6.29. The topological polar surface area (TPSA) is 70.2 Å². The van der Waals surface area contributed by atoms with Crippen LogP contribution in [0.3, 0.4) is 0 Å². The molecule has 3 aliphatic rings. The van der Waals surface area contributed by atoms with Crippen LogP contribution in [0.5, 0.6) is 0 Å². The Bertz CT molecular complexity index is 1450. The van der Waals surface area contributed by atoms with Crippen molar-refractivity contribution in [1.82, 2.24) is 14.1 Å². The molecule has 0 aliphatic carbocycles. The van der Waals surface area contributed by atoms with Gasteiger partial charge in [-0.05, 0) is 87.5 Å². The lowest BCUT2D eigenvalue weighted by molar-refractivity contribution is -0.141. The van der Waals surface area contributed by atoms with Crippen molar-refractivity contribution in [2.45, 2.75) is 80.3 Å². The lowest BCUT2D eigenvalue weighted by Crippen LogP contribution is -2.50. The number of sulfonamides is 1.